The first-order valence-corrected chi connectivity index (χ1v) is 6.09. The van der Waals surface area contributed by atoms with Crippen molar-refractivity contribution in [2.24, 2.45) is 0 Å². The summed E-state index contributed by atoms with van der Waals surface area (Å²) < 4.78 is 0. The summed E-state index contributed by atoms with van der Waals surface area (Å²) in [4.78, 5) is 10.9. The Morgan fingerprint density at radius 1 is 1.20 bits per heavy atom. The van der Waals surface area contributed by atoms with Gasteiger partial charge in [-0.2, -0.15) is 0 Å². The summed E-state index contributed by atoms with van der Waals surface area (Å²) in [5, 5.41) is 12.2. The van der Waals surface area contributed by atoms with Gasteiger partial charge in [-0.25, -0.2) is 0 Å². The number of carbonyl (C=O) groups is 1. The topological polar surface area (TPSA) is 49.3 Å². The highest BCUT2D eigenvalue weighted by molar-refractivity contribution is 5.75. The number of amides is 1. The Morgan fingerprint density at radius 3 is 2.47 bits per heavy atom. The van der Waals surface area contributed by atoms with Crippen LogP contribution < -0.4 is 5.32 Å². The van der Waals surface area contributed by atoms with Crippen LogP contribution in [0.25, 0.3) is 0 Å². The van der Waals surface area contributed by atoms with E-state index in [4.69, 9.17) is 0 Å². The third-order valence-corrected chi connectivity index (χ3v) is 2.61. The molecule has 1 atom stereocenters. The maximum absolute atomic E-state index is 10.9. The van der Waals surface area contributed by atoms with Crippen molar-refractivity contribution in [1.29, 1.82) is 0 Å². The standard InChI is InChI=1S/C12H25NO2/c1-3-4-5-6-8-11(14)9-7-10-12(15)13-2/h11,14H,3-10H2,1-2H3,(H,13,15). The van der Waals surface area contributed by atoms with Crippen LogP contribution in [0.2, 0.25) is 0 Å². The predicted molar refractivity (Wildman–Crippen MR) is 62.7 cm³/mol. The SMILES string of the molecule is CCCCCCC(O)CCCC(=O)NC. The van der Waals surface area contributed by atoms with Gasteiger partial charge in [-0.1, -0.05) is 32.6 Å². The highest BCUT2D eigenvalue weighted by atomic mass is 16.3. The van der Waals surface area contributed by atoms with Crippen LogP contribution in [0.1, 0.15) is 58.3 Å². The number of hydrogen-bond donors (Lipinski definition) is 2. The fraction of sp³-hybridized carbons (Fsp3) is 0.917. The van der Waals surface area contributed by atoms with Crippen molar-refractivity contribution in [3.8, 4) is 0 Å². The van der Waals surface area contributed by atoms with E-state index in [2.05, 4.69) is 12.2 Å². The monoisotopic (exact) mass is 215 g/mol. The molecule has 0 saturated heterocycles. The Kier molecular flexibility index (Phi) is 9.59. The summed E-state index contributed by atoms with van der Waals surface area (Å²) in [6.45, 7) is 2.18. The molecule has 90 valence electrons. The Balaban J connectivity index is 3.25. The largest absolute Gasteiger partial charge is 0.393 e. The molecule has 15 heavy (non-hydrogen) atoms. The molecule has 0 aliphatic heterocycles. The third kappa shape index (κ3) is 9.73. The fourth-order valence-electron chi connectivity index (χ4n) is 1.57. The van der Waals surface area contributed by atoms with Crippen molar-refractivity contribution in [2.45, 2.75) is 64.4 Å². The van der Waals surface area contributed by atoms with Crippen LogP contribution in [0, 0.1) is 0 Å². The lowest BCUT2D eigenvalue weighted by atomic mass is 10.0. The van der Waals surface area contributed by atoms with Crippen molar-refractivity contribution in [2.75, 3.05) is 7.05 Å². The van der Waals surface area contributed by atoms with Crippen LogP contribution in [-0.2, 0) is 4.79 Å². The minimum atomic E-state index is -0.216. The number of unbranched alkanes of at least 4 members (excludes halogenated alkanes) is 3. The number of hydrogen-bond acceptors (Lipinski definition) is 2. The van der Waals surface area contributed by atoms with E-state index < -0.39 is 0 Å². The highest BCUT2D eigenvalue weighted by Crippen LogP contribution is 2.10. The molecule has 2 N–H and O–H groups in total. The molecule has 0 bridgehead atoms. The normalized spacial score (nSPS) is 12.5. The van der Waals surface area contributed by atoms with Crippen LogP contribution in [0.3, 0.4) is 0 Å². The van der Waals surface area contributed by atoms with Gasteiger partial charge in [0.1, 0.15) is 0 Å². The molecule has 0 aromatic carbocycles. The van der Waals surface area contributed by atoms with E-state index in [1.165, 1.54) is 19.3 Å². The number of aliphatic hydroxyl groups is 1. The van der Waals surface area contributed by atoms with Gasteiger partial charge in [0.2, 0.25) is 5.91 Å². The Hall–Kier alpha value is -0.570. The molecule has 0 rings (SSSR count). The van der Waals surface area contributed by atoms with E-state index in [0.29, 0.717) is 6.42 Å². The van der Waals surface area contributed by atoms with Gasteiger partial charge in [-0.05, 0) is 19.3 Å². The van der Waals surface area contributed by atoms with Crippen molar-refractivity contribution >= 4 is 5.91 Å². The van der Waals surface area contributed by atoms with Crippen molar-refractivity contribution in [1.82, 2.24) is 5.32 Å². The van der Waals surface area contributed by atoms with E-state index >= 15 is 0 Å². The van der Waals surface area contributed by atoms with E-state index in [9.17, 15) is 9.90 Å². The van der Waals surface area contributed by atoms with Gasteiger partial charge in [-0.3, -0.25) is 4.79 Å². The average Bonchev–Trinajstić information content (AvgIpc) is 2.24. The lowest BCUT2D eigenvalue weighted by Crippen LogP contribution is -2.18. The number of carbonyl (C=O) groups excluding carboxylic acids is 1. The van der Waals surface area contributed by atoms with Crippen LogP contribution in [0.15, 0.2) is 0 Å². The van der Waals surface area contributed by atoms with Crippen molar-refractivity contribution in [3.05, 3.63) is 0 Å². The number of nitrogens with one attached hydrogen (secondary N) is 1. The zero-order chi connectivity index (χ0) is 11.5. The second kappa shape index (κ2) is 9.97. The van der Waals surface area contributed by atoms with E-state index in [-0.39, 0.29) is 12.0 Å². The Labute approximate surface area is 93.3 Å². The van der Waals surface area contributed by atoms with Gasteiger partial charge >= 0.3 is 0 Å². The summed E-state index contributed by atoms with van der Waals surface area (Å²) in [5.41, 5.74) is 0. The van der Waals surface area contributed by atoms with Gasteiger partial charge in [0.25, 0.3) is 0 Å². The minimum Gasteiger partial charge on any atom is -0.393 e. The van der Waals surface area contributed by atoms with Crippen molar-refractivity contribution < 1.29 is 9.90 Å². The molecule has 0 radical (unpaired) electrons. The molecule has 1 unspecified atom stereocenters. The molecular weight excluding hydrogens is 190 g/mol. The van der Waals surface area contributed by atoms with Crippen molar-refractivity contribution in [3.63, 3.8) is 0 Å². The van der Waals surface area contributed by atoms with E-state index in [1.807, 2.05) is 0 Å². The van der Waals surface area contributed by atoms with Crippen LogP contribution in [0.5, 0.6) is 0 Å². The van der Waals surface area contributed by atoms with Gasteiger partial charge < -0.3 is 10.4 Å². The molecule has 1 amide bonds. The summed E-state index contributed by atoms with van der Waals surface area (Å²) in [7, 11) is 1.64. The molecule has 0 fully saturated rings. The second-order valence-electron chi connectivity index (χ2n) is 4.07. The predicted octanol–water partition coefficient (Wildman–Crippen LogP) is 2.23. The Bertz CT molecular complexity index is 160. The van der Waals surface area contributed by atoms with Crippen LogP contribution in [0.4, 0.5) is 0 Å². The average molecular weight is 215 g/mol. The lowest BCUT2D eigenvalue weighted by Gasteiger charge is -2.09. The Morgan fingerprint density at radius 2 is 1.87 bits per heavy atom. The minimum absolute atomic E-state index is 0.0631. The molecule has 0 heterocycles. The first kappa shape index (κ1) is 14.4. The number of rotatable bonds is 9. The van der Waals surface area contributed by atoms with Gasteiger partial charge in [-0.15, -0.1) is 0 Å². The second-order valence-corrected chi connectivity index (χ2v) is 4.07. The van der Waals surface area contributed by atoms with E-state index in [1.54, 1.807) is 7.05 Å². The molecule has 0 aromatic heterocycles. The first-order chi connectivity index (χ1) is 7.20. The lowest BCUT2D eigenvalue weighted by molar-refractivity contribution is -0.120. The third-order valence-electron chi connectivity index (χ3n) is 2.61. The molecule has 3 nitrogen and oxygen atoms in total. The van der Waals surface area contributed by atoms with Crippen LogP contribution >= 0.6 is 0 Å². The molecule has 0 saturated carbocycles. The molecule has 0 aliphatic carbocycles. The molecular formula is C12H25NO2. The fourth-order valence-corrected chi connectivity index (χ4v) is 1.57. The highest BCUT2D eigenvalue weighted by Gasteiger charge is 2.05. The first-order valence-electron chi connectivity index (χ1n) is 6.09. The van der Waals surface area contributed by atoms with Crippen LogP contribution in [-0.4, -0.2) is 24.2 Å². The molecule has 0 spiro atoms. The zero-order valence-corrected chi connectivity index (χ0v) is 10.1. The smallest absolute Gasteiger partial charge is 0.219 e. The zero-order valence-electron chi connectivity index (χ0n) is 10.1. The van der Waals surface area contributed by atoms with Gasteiger partial charge in [0, 0.05) is 13.5 Å². The number of aliphatic hydroxyl groups excluding tert-OH is 1. The van der Waals surface area contributed by atoms with E-state index in [0.717, 1.165) is 25.7 Å². The van der Waals surface area contributed by atoms with Gasteiger partial charge in [0.05, 0.1) is 6.10 Å². The molecule has 0 aliphatic rings. The molecule has 0 aromatic rings. The summed E-state index contributed by atoms with van der Waals surface area (Å²) >= 11 is 0. The molecule has 3 heteroatoms. The van der Waals surface area contributed by atoms with Gasteiger partial charge in [0.15, 0.2) is 0 Å². The quantitative estimate of drug-likeness (QED) is 0.579. The summed E-state index contributed by atoms with van der Waals surface area (Å²) in [5.74, 6) is 0.0631. The summed E-state index contributed by atoms with van der Waals surface area (Å²) in [6, 6.07) is 0. The summed E-state index contributed by atoms with van der Waals surface area (Å²) in [6.07, 6.45) is 7.53. The maximum Gasteiger partial charge on any atom is 0.219 e. The maximum atomic E-state index is 10.9.